The number of halogens is 2. The van der Waals surface area contributed by atoms with Crippen LogP contribution < -0.4 is 4.74 Å². The van der Waals surface area contributed by atoms with Crippen LogP contribution >= 0.6 is 23.4 Å². The average Bonchev–Trinajstić information content (AvgIpc) is 2.68. The van der Waals surface area contributed by atoms with E-state index in [1.54, 1.807) is 12.1 Å². The Hall–Kier alpha value is -2.44. The van der Waals surface area contributed by atoms with Crippen molar-refractivity contribution in [2.45, 2.75) is 37.6 Å². The summed E-state index contributed by atoms with van der Waals surface area (Å²) in [6.45, 7) is 6.00. The molecule has 150 valence electrons. The Kier molecular flexibility index (Phi) is 6.87. The van der Waals surface area contributed by atoms with E-state index >= 15 is 0 Å². The van der Waals surface area contributed by atoms with Crippen molar-refractivity contribution in [1.82, 2.24) is 9.97 Å². The van der Waals surface area contributed by atoms with Gasteiger partial charge in [-0.2, -0.15) is 0 Å². The minimum Gasteiger partial charge on any atom is -0.421 e. The molecule has 0 saturated carbocycles. The summed E-state index contributed by atoms with van der Waals surface area (Å²) in [5.74, 6) is 0.310. The lowest BCUT2D eigenvalue weighted by Gasteiger charge is -2.14. The largest absolute Gasteiger partial charge is 0.421 e. The van der Waals surface area contributed by atoms with Gasteiger partial charge < -0.3 is 4.74 Å². The fourth-order valence-corrected chi connectivity index (χ4v) is 3.59. The first-order valence-corrected chi connectivity index (χ1v) is 10.4. The number of hydrogen-bond donors (Lipinski definition) is 0. The van der Waals surface area contributed by atoms with E-state index in [1.165, 1.54) is 30.1 Å². The van der Waals surface area contributed by atoms with E-state index in [1.807, 2.05) is 39.0 Å². The Morgan fingerprint density at radius 1 is 1.21 bits per heavy atom. The number of aryl methyl sites for hydroxylation is 1. The number of nitrogens with zero attached hydrogens (tertiary/aromatic N) is 2. The van der Waals surface area contributed by atoms with Crippen LogP contribution in [0.4, 0.5) is 4.39 Å². The van der Waals surface area contributed by atoms with Gasteiger partial charge in [-0.15, -0.1) is 0 Å². The second-order valence-corrected chi connectivity index (χ2v) is 8.20. The maximum atomic E-state index is 13.0. The van der Waals surface area contributed by atoms with Gasteiger partial charge in [-0.3, -0.25) is 0 Å². The van der Waals surface area contributed by atoms with E-state index in [9.17, 15) is 9.18 Å². The van der Waals surface area contributed by atoms with Gasteiger partial charge in [-0.1, -0.05) is 61.5 Å². The molecule has 3 aromatic rings. The summed E-state index contributed by atoms with van der Waals surface area (Å²) >= 11 is 7.47. The zero-order chi connectivity index (χ0) is 21.0. The van der Waals surface area contributed by atoms with Crippen molar-refractivity contribution in [3.8, 4) is 5.75 Å². The molecule has 0 atom stereocenters. The minimum atomic E-state index is -0.631. The Bertz CT molecular complexity index is 1030. The number of hydrogen-bond acceptors (Lipinski definition) is 5. The van der Waals surface area contributed by atoms with Crippen LogP contribution in [0.5, 0.6) is 5.75 Å². The molecule has 4 nitrogen and oxygen atoms in total. The fraction of sp³-hybridized carbons (Fsp3) is 0.227. The van der Waals surface area contributed by atoms with Gasteiger partial charge in [0.2, 0.25) is 0 Å². The highest BCUT2D eigenvalue weighted by Gasteiger charge is 2.19. The third-order valence-corrected chi connectivity index (χ3v) is 5.40. The highest BCUT2D eigenvalue weighted by atomic mass is 35.5. The molecule has 29 heavy (non-hydrogen) atoms. The Morgan fingerprint density at radius 3 is 2.62 bits per heavy atom. The van der Waals surface area contributed by atoms with Crippen molar-refractivity contribution in [3.05, 3.63) is 81.9 Å². The van der Waals surface area contributed by atoms with Gasteiger partial charge in [0.05, 0.1) is 11.2 Å². The lowest BCUT2D eigenvalue weighted by Crippen LogP contribution is -2.14. The SMILES string of the molecule is Cc1ccc(C(C)C)c(OC(=O)c2nc(SCc3ccc(F)cc3)ncc2Cl)c1. The summed E-state index contributed by atoms with van der Waals surface area (Å²) < 4.78 is 18.6. The molecule has 7 heteroatoms. The Morgan fingerprint density at radius 2 is 1.93 bits per heavy atom. The van der Waals surface area contributed by atoms with Crippen LogP contribution in [-0.2, 0) is 5.75 Å². The van der Waals surface area contributed by atoms with Crippen molar-refractivity contribution >= 4 is 29.3 Å². The minimum absolute atomic E-state index is 0.0134. The molecule has 0 spiro atoms. The number of carbonyl (C=O) groups is 1. The van der Waals surface area contributed by atoms with Crippen molar-refractivity contribution in [2.75, 3.05) is 0 Å². The lowest BCUT2D eigenvalue weighted by atomic mass is 10.0. The van der Waals surface area contributed by atoms with Crippen molar-refractivity contribution in [1.29, 1.82) is 0 Å². The lowest BCUT2D eigenvalue weighted by molar-refractivity contribution is 0.0725. The molecule has 0 aliphatic heterocycles. The van der Waals surface area contributed by atoms with Gasteiger partial charge >= 0.3 is 5.97 Å². The molecular formula is C22H20ClFN2O2S. The summed E-state index contributed by atoms with van der Waals surface area (Å²) in [7, 11) is 0. The molecule has 3 rings (SSSR count). The number of rotatable bonds is 6. The van der Waals surface area contributed by atoms with Crippen LogP contribution in [0.1, 0.15) is 46.9 Å². The molecule has 0 aliphatic rings. The average molecular weight is 431 g/mol. The number of esters is 1. The number of aromatic nitrogens is 2. The molecule has 2 aromatic carbocycles. The topological polar surface area (TPSA) is 52.1 Å². The van der Waals surface area contributed by atoms with Crippen LogP contribution in [0, 0.1) is 12.7 Å². The predicted octanol–water partition coefficient (Wildman–Crippen LogP) is 6.21. The normalized spacial score (nSPS) is 11.0. The summed E-state index contributed by atoms with van der Waals surface area (Å²) in [4.78, 5) is 21.2. The van der Waals surface area contributed by atoms with Gasteiger partial charge in [0.15, 0.2) is 10.9 Å². The molecule has 0 radical (unpaired) electrons. The van der Waals surface area contributed by atoms with E-state index < -0.39 is 5.97 Å². The summed E-state index contributed by atoms with van der Waals surface area (Å²) in [5.41, 5.74) is 2.85. The standard InChI is InChI=1S/C22H20ClFN2O2S/c1-13(2)17-9-4-14(3)10-19(17)28-21(27)20-18(23)11-25-22(26-20)29-12-15-5-7-16(24)8-6-15/h4-11,13H,12H2,1-3H3. The van der Waals surface area contributed by atoms with Gasteiger partial charge in [0.25, 0.3) is 0 Å². The Labute approximate surface area is 178 Å². The number of ether oxygens (including phenoxy) is 1. The molecule has 1 heterocycles. The summed E-state index contributed by atoms with van der Waals surface area (Å²) in [5, 5.41) is 0.513. The molecule has 0 N–H and O–H groups in total. The highest BCUT2D eigenvalue weighted by Crippen LogP contribution is 2.29. The summed E-state index contributed by atoms with van der Waals surface area (Å²) in [6, 6.07) is 11.9. The molecule has 1 aromatic heterocycles. The zero-order valence-electron chi connectivity index (χ0n) is 16.3. The first kappa shape index (κ1) is 21.3. The van der Waals surface area contributed by atoms with E-state index in [-0.39, 0.29) is 22.5 Å². The van der Waals surface area contributed by atoms with Crippen LogP contribution in [0.2, 0.25) is 5.02 Å². The predicted molar refractivity (Wildman–Crippen MR) is 113 cm³/mol. The van der Waals surface area contributed by atoms with Crippen LogP contribution in [0.25, 0.3) is 0 Å². The first-order chi connectivity index (χ1) is 13.8. The van der Waals surface area contributed by atoms with Crippen LogP contribution in [-0.4, -0.2) is 15.9 Å². The second-order valence-electron chi connectivity index (χ2n) is 6.85. The maximum absolute atomic E-state index is 13.0. The van der Waals surface area contributed by atoms with Gasteiger partial charge in [-0.05, 0) is 47.7 Å². The van der Waals surface area contributed by atoms with E-state index in [0.29, 0.717) is 16.7 Å². The fourth-order valence-electron chi connectivity index (χ4n) is 2.65. The molecule has 0 bridgehead atoms. The van der Waals surface area contributed by atoms with Crippen molar-refractivity contribution in [3.63, 3.8) is 0 Å². The second kappa shape index (κ2) is 9.37. The van der Waals surface area contributed by atoms with Crippen molar-refractivity contribution in [2.24, 2.45) is 0 Å². The van der Waals surface area contributed by atoms with Gasteiger partial charge in [-0.25, -0.2) is 19.2 Å². The maximum Gasteiger partial charge on any atom is 0.364 e. The van der Waals surface area contributed by atoms with Gasteiger partial charge in [0, 0.05) is 5.75 Å². The molecule has 0 amide bonds. The van der Waals surface area contributed by atoms with E-state index in [4.69, 9.17) is 16.3 Å². The third-order valence-electron chi connectivity index (χ3n) is 4.19. The molecule has 0 unspecified atom stereocenters. The van der Waals surface area contributed by atoms with Crippen LogP contribution in [0.3, 0.4) is 0 Å². The van der Waals surface area contributed by atoms with E-state index in [2.05, 4.69) is 9.97 Å². The number of thioether (sulfide) groups is 1. The monoisotopic (exact) mass is 430 g/mol. The van der Waals surface area contributed by atoms with Crippen LogP contribution in [0.15, 0.2) is 53.8 Å². The van der Waals surface area contributed by atoms with Gasteiger partial charge in [0.1, 0.15) is 11.6 Å². The quantitative estimate of drug-likeness (QED) is 0.201. The first-order valence-electron chi connectivity index (χ1n) is 9.06. The number of benzene rings is 2. The molecule has 0 saturated heterocycles. The molecular weight excluding hydrogens is 411 g/mol. The third kappa shape index (κ3) is 5.55. The zero-order valence-corrected chi connectivity index (χ0v) is 17.9. The smallest absolute Gasteiger partial charge is 0.364 e. The molecule has 0 fully saturated rings. The summed E-state index contributed by atoms with van der Waals surface area (Å²) in [6.07, 6.45) is 1.39. The Balaban J connectivity index is 1.78. The number of carbonyl (C=O) groups excluding carboxylic acids is 1. The van der Waals surface area contributed by atoms with Crippen molar-refractivity contribution < 1.29 is 13.9 Å². The highest BCUT2D eigenvalue weighted by molar-refractivity contribution is 7.98. The molecule has 0 aliphatic carbocycles. The van der Waals surface area contributed by atoms with E-state index in [0.717, 1.165) is 16.7 Å².